The molecule has 0 aliphatic heterocycles. The Hall–Kier alpha value is -1.62. The fourth-order valence-corrected chi connectivity index (χ4v) is 2.80. The maximum absolute atomic E-state index is 12.9. The number of hydrogen-bond donors (Lipinski definition) is 1. The van der Waals surface area contributed by atoms with Crippen molar-refractivity contribution in [3.63, 3.8) is 0 Å². The number of benzene rings is 1. The van der Waals surface area contributed by atoms with Gasteiger partial charge in [-0.2, -0.15) is 13.2 Å². The van der Waals surface area contributed by atoms with Gasteiger partial charge < -0.3 is 4.98 Å². The monoisotopic (exact) mass is 309 g/mol. The fraction of sp³-hybridized carbons (Fsp3) is 0.312. The Kier molecular flexibility index (Phi) is 3.61. The number of H-pyrrole nitrogens is 1. The number of rotatable bonds is 2. The van der Waals surface area contributed by atoms with E-state index in [0.29, 0.717) is 11.6 Å². The highest BCUT2D eigenvalue weighted by atomic mass is 32.1. The van der Waals surface area contributed by atoms with Crippen LogP contribution in [0.5, 0.6) is 0 Å². The second kappa shape index (κ2) is 5.30. The molecule has 0 unspecified atom stereocenters. The SMILES string of the molecule is FC(F)(F)c1cc(-c2cccc(C3CCC3)c2)[nH]c(=S)c1. The van der Waals surface area contributed by atoms with Crippen LogP contribution in [0.1, 0.15) is 36.3 Å². The third-order valence-corrected chi connectivity index (χ3v) is 4.17. The molecule has 1 aliphatic carbocycles. The van der Waals surface area contributed by atoms with Crippen molar-refractivity contribution < 1.29 is 13.2 Å². The van der Waals surface area contributed by atoms with Gasteiger partial charge in [0.1, 0.15) is 4.64 Å². The molecule has 0 bridgehead atoms. The van der Waals surface area contributed by atoms with Crippen molar-refractivity contribution in [3.05, 3.63) is 52.2 Å². The normalized spacial score (nSPS) is 15.8. The molecule has 5 heteroatoms. The van der Waals surface area contributed by atoms with Crippen LogP contribution in [-0.4, -0.2) is 4.98 Å². The molecular weight excluding hydrogens is 295 g/mol. The molecule has 1 aliphatic rings. The van der Waals surface area contributed by atoms with Crippen LogP contribution in [0.25, 0.3) is 11.3 Å². The zero-order chi connectivity index (χ0) is 15.0. The van der Waals surface area contributed by atoms with Crippen molar-refractivity contribution in [2.45, 2.75) is 31.4 Å². The lowest BCUT2D eigenvalue weighted by Crippen LogP contribution is -2.08. The summed E-state index contributed by atoms with van der Waals surface area (Å²) in [6.45, 7) is 0. The van der Waals surface area contributed by atoms with E-state index >= 15 is 0 Å². The standard InChI is InChI=1S/C16H14F3NS/c17-16(18,19)13-8-14(20-15(21)9-13)12-6-2-5-11(7-12)10-3-1-4-10/h2,5-10H,1,3-4H2,(H,20,21). The Morgan fingerprint density at radius 1 is 1.10 bits per heavy atom. The molecule has 1 saturated carbocycles. The van der Waals surface area contributed by atoms with E-state index in [2.05, 4.69) is 4.98 Å². The average molecular weight is 309 g/mol. The van der Waals surface area contributed by atoms with Crippen molar-refractivity contribution in [2.24, 2.45) is 0 Å². The number of alkyl halides is 3. The van der Waals surface area contributed by atoms with E-state index < -0.39 is 11.7 Å². The van der Waals surface area contributed by atoms with E-state index in [1.807, 2.05) is 24.3 Å². The molecule has 21 heavy (non-hydrogen) atoms. The number of nitrogens with one attached hydrogen (secondary N) is 1. The molecule has 0 saturated heterocycles. The molecule has 1 aromatic carbocycles. The summed E-state index contributed by atoms with van der Waals surface area (Å²) in [4.78, 5) is 2.85. The van der Waals surface area contributed by atoms with E-state index in [-0.39, 0.29) is 4.64 Å². The minimum absolute atomic E-state index is 0.0915. The summed E-state index contributed by atoms with van der Waals surface area (Å²) < 4.78 is 38.7. The van der Waals surface area contributed by atoms with Gasteiger partial charge in [-0.15, -0.1) is 0 Å². The first-order valence-electron chi connectivity index (χ1n) is 6.85. The quantitative estimate of drug-likeness (QED) is 0.704. The molecule has 0 amide bonds. The summed E-state index contributed by atoms with van der Waals surface area (Å²) in [5, 5.41) is 0. The molecule has 0 spiro atoms. The summed E-state index contributed by atoms with van der Waals surface area (Å²) in [5.74, 6) is 0.540. The first-order valence-corrected chi connectivity index (χ1v) is 7.26. The molecule has 2 aromatic rings. The summed E-state index contributed by atoms with van der Waals surface area (Å²) in [6.07, 6.45) is -0.853. The van der Waals surface area contributed by atoms with Crippen molar-refractivity contribution in [1.29, 1.82) is 0 Å². The zero-order valence-corrected chi connectivity index (χ0v) is 12.0. The fourth-order valence-electron chi connectivity index (χ4n) is 2.56. The van der Waals surface area contributed by atoms with Crippen LogP contribution in [0.15, 0.2) is 36.4 Å². The van der Waals surface area contributed by atoms with E-state index in [1.54, 1.807) is 0 Å². The Labute approximate surface area is 125 Å². The summed E-state index contributed by atoms with van der Waals surface area (Å²) in [5.41, 5.74) is 1.64. The lowest BCUT2D eigenvalue weighted by molar-refractivity contribution is -0.137. The van der Waals surface area contributed by atoms with Crippen LogP contribution in [0.4, 0.5) is 13.2 Å². The number of aromatic amines is 1. The summed E-state index contributed by atoms with van der Waals surface area (Å²) in [6, 6.07) is 9.77. The van der Waals surface area contributed by atoms with Crippen LogP contribution < -0.4 is 0 Å². The molecule has 1 N–H and O–H groups in total. The highest BCUT2D eigenvalue weighted by molar-refractivity contribution is 7.71. The van der Waals surface area contributed by atoms with Crippen LogP contribution >= 0.6 is 12.2 Å². The third kappa shape index (κ3) is 3.02. The van der Waals surface area contributed by atoms with Gasteiger partial charge in [0, 0.05) is 5.69 Å². The van der Waals surface area contributed by atoms with Crippen molar-refractivity contribution in [3.8, 4) is 11.3 Å². The van der Waals surface area contributed by atoms with Gasteiger partial charge in [-0.25, -0.2) is 0 Å². The maximum Gasteiger partial charge on any atom is 0.416 e. The molecule has 1 heterocycles. The Morgan fingerprint density at radius 3 is 2.48 bits per heavy atom. The van der Waals surface area contributed by atoms with Gasteiger partial charge in [-0.05, 0) is 48.1 Å². The highest BCUT2D eigenvalue weighted by Crippen LogP contribution is 2.38. The minimum atomic E-state index is -4.39. The first kappa shape index (κ1) is 14.3. The Bertz CT molecular complexity index is 714. The Balaban J connectivity index is 2.04. The van der Waals surface area contributed by atoms with Crippen LogP contribution in [0, 0.1) is 4.64 Å². The number of halogens is 3. The van der Waals surface area contributed by atoms with Crippen molar-refractivity contribution in [2.75, 3.05) is 0 Å². The highest BCUT2D eigenvalue weighted by Gasteiger charge is 2.31. The molecule has 1 nitrogen and oxygen atoms in total. The van der Waals surface area contributed by atoms with Crippen LogP contribution in [-0.2, 0) is 6.18 Å². The molecule has 110 valence electrons. The van der Waals surface area contributed by atoms with Crippen molar-refractivity contribution >= 4 is 12.2 Å². The lowest BCUT2D eigenvalue weighted by atomic mass is 9.79. The van der Waals surface area contributed by atoms with Gasteiger partial charge in [0.2, 0.25) is 0 Å². The number of hydrogen-bond acceptors (Lipinski definition) is 1. The van der Waals surface area contributed by atoms with E-state index in [4.69, 9.17) is 12.2 Å². The molecule has 0 radical (unpaired) electrons. The Morgan fingerprint density at radius 2 is 1.86 bits per heavy atom. The molecule has 1 fully saturated rings. The van der Waals surface area contributed by atoms with Gasteiger partial charge in [0.25, 0.3) is 0 Å². The van der Waals surface area contributed by atoms with Gasteiger partial charge >= 0.3 is 6.18 Å². The topological polar surface area (TPSA) is 15.8 Å². The number of aromatic nitrogens is 1. The van der Waals surface area contributed by atoms with Gasteiger partial charge in [-0.3, -0.25) is 0 Å². The van der Waals surface area contributed by atoms with E-state index in [9.17, 15) is 13.2 Å². The molecule has 1 aromatic heterocycles. The van der Waals surface area contributed by atoms with Crippen LogP contribution in [0.2, 0.25) is 0 Å². The lowest BCUT2D eigenvalue weighted by Gasteiger charge is -2.26. The average Bonchev–Trinajstić information content (AvgIpc) is 2.35. The zero-order valence-electron chi connectivity index (χ0n) is 11.2. The largest absolute Gasteiger partial charge is 0.416 e. The molecule has 0 atom stereocenters. The van der Waals surface area contributed by atoms with Crippen molar-refractivity contribution in [1.82, 2.24) is 4.98 Å². The smallest absolute Gasteiger partial charge is 0.346 e. The minimum Gasteiger partial charge on any atom is -0.346 e. The van der Waals surface area contributed by atoms with E-state index in [1.165, 1.54) is 12.0 Å². The second-order valence-electron chi connectivity index (χ2n) is 5.40. The molecule has 3 rings (SSSR count). The third-order valence-electron chi connectivity index (χ3n) is 3.95. The number of pyridine rings is 1. The second-order valence-corrected chi connectivity index (χ2v) is 5.84. The summed E-state index contributed by atoms with van der Waals surface area (Å²) >= 11 is 4.92. The van der Waals surface area contributed by atoms with Gasteiger partial charge in [0.05, 0.1) is 5.56 Å². The van der Waals surface area contributed by atoms with Crippen LogP contribution in [0.3, 0.4) is 0 Å². The predicted octanol–water partition coefficient (Wildman–Crippen LogP) is 5.70. The summed E-state index contributed by atoms with van der Waals surface area (Å²) in [7, 11) is 0. The van der Waals surface area contributed by atoms with E-state index in [0.717, 1.165) is 30.5 Å². The predicted molar refractivity (Wildman–Crippen MR) is 78.7 cm³/mol. The first-order chi connectivity index (χ1) is 9.93. The molecular formula is C16H14F3NS. The van der Waals surface area contributed by atoms with Gasteiger partial charge in [-0.1, -0.05) is 36.8 Å². The van der Waals surface area contributed by atoms with Gasteiger partial charge in [0.15, 0.2) is 0 Å². The maximum atomic E-state index is 12.9.